The van der Waals surface area contributed by atoms with Gasteiger partial charge in [0.25, 0.3) is 0 Å². The maximum absolute atomic E-state index is 11.5. The summed E-state index contributed by atoms with van der Waals surface area (Å²) in [6.45, 7) is 3.38. The van der Waals surface area contributed by atoms with Gasteiger partial charge in [-0.05, 0) is 20.3 Å². The van der Waals surface area contributed by atoms with Crippen LogP contribution in [0.4, 0.5) is 4.79 Å². The maximum Gasteiger partial charge on any atom is 0.407 e. The quantitative estimate of drug-likeness (QED) is 0.546. The van der Waals surface area contributed by atoms with Crippen molar-refractivity contribution in [1.29, 1.82) is 0 Å². The summed E-state index contributed by atoms with van der Waals surface area (Å²) in [5, 5.41) is 11.3. The van der Waals surface area contributed by atoms with Gasteiger partial charge in [0.05, 0.1) is 13.5 Å². The minimum absolute atomic E-state index is 0.0186. The molecule has 0 aromatic carbocycles. The zero-order valence-corrected chi connectivity index (χ0v) is 11.1. The summed E-state index contributed by atoms with van der Waals surface area (Å²) in [7, 11) is 1.26. The first kappa shape index (κ1) is 16.7. The average Bonchev–Trinajstić information content (AvgIpc) is 2.28. The molecule has 7 heteroatoms. The van der Waals surface area contributed by atoms with Gasteiger partial charge in [-0.1, -0.05) is 0 Å². The van der Waals surface area contributed by atoms with Crippen LogP contribution in [0.2, 0.25) is 0 Å². The molecule has 0 radical (unpaired) electrons. The molecule has 7 nitrogen and oxygen atoms in total. The van der Waals surface area contributed by atoms with Gasteiger partial charge >= 0.3 is 12.1 Å². The highest BCUT2D eigenvalue weighted by Gasteiger charge is 2.23. The van der Waals surface area contributed by atoms with Gasteiger partial charge in [0, 0.05) is 19.2 Å². The van der Waals surface area contributed by atoms with E-state index < -0.39 is 23.7 Å². The third-order valence-corrected chi connectivity index (χ3v) is 2.30. The topological polar surface area (TPSA) is 111 Å². The number of esters is 1. The lowest BCUT2D eigenvalue weighted by Crippen LogP contribution is -2.44. The highest BCUT2D eigenvalue weighted by Crippen LogP contribution is 2.08. The van der Waals surface area contributed by atoms with Crippen LogP contribution in [-0.4, -0.2) is 49.1 Å². The van der Waals surface area contributed by atoms with Gasteiger partial charge in [-0.2, -0.15) is 0 Å². The van der Waals surface area contributed by atoms with Crippen molar-refractivity contribution in [2.45, 2.75) is 38.3 Å². The Labute approximate surface area is 107 Å². The highest BCUT2D eigenvalue weighted by atomic mass is 16.6. The lowest BCUT2D eigenvalue weighted by molar-refractivity contribution is -0.141. The number of aliphatic hydroxyl groups excluding tert-OH is 1. The van der Waals surface area contributed by atoms with Crippen molar-refractivity contribution in [2.24, 2.45) is 5.73 Å². The number of aliphatic hydroxyl groups is 1. The van der Waals surface area contributed by atoms with E-state index in [-0.39, 0.29) is 26.0 Å². The van der Waals surface area contributed by atoms with E-state index in [4.69, 9.17) is 15.6 Å². The van der Waals surface area contributed by atoms with Crippen molar-refractivity contribution in [3.63, 3.8) is 0 Å². The monoisotopic (exact) mass is 262 g/mol. The lowest BCUT2D eigenvalue weighted by Gasteiger charge is -2.25. The van der Waals surface area contributed by atoms with Gasteiger partial charge in [0.15, 0.2) is 0 Å². The molecule has 18 heavy (non-hydrogen) atoms. The first-order valence-corrected chi connectivity index (χ1v) is 5.72. The molecule has 1 atom stereocenters. The number of methoxy groups -OCH3 is 1. The Morgan fingerprint density at radius 1 is 1.44 bits per heavy atom. The second kappa shape index (κ2) is 7.88. The van der Waals surface area contributed by atoms with Crippen molar-refractivity contribution in [2.75, 3.05) is 20.3 Å². The van der Waals surface area contributed by atoms with E-state index in [1.807, 2.05) is 0 Å². The van der Waals surface area contributed by atoms with Crippen LogP contribution in [0, 0.1) is 0 Å². The number of hydrogen-bond acceptors (Lipinski definition) is 6. The molecule has 0 saturated carbocycles. The minimum atomic E-state index is -0.779. The van der Waals surface area contributed by atoms with Crippen LogP contribution in [0.3, 0.4) is 0 Å². The molecule has 4 N–H and O–H groups in total. The van der Waals surface area contributed by atoms with Gasteiger partial charge < -0.3 is 25.6 Å². The number of carbonyl (C=O) groups excluding carboxylic acids is 2. The highest BCUT2D eigenvalue weighted by molar-refractivity contribution is 5.72. The Bertz CT molecular complexity index is 281. The molecule has 0 aliphatic carbocycles. The Morgan fingerprint density at radius 2 is 2.06 bits per heavy atom. The van der Waals surface area contributed by atoms with E-state index in [1.165, 1.54) is 7.11 Å². The van der Waals surface area contributed by atoms with E-state index in [9.17, 15) is 9.59 Å². The standard InChI is InChI=1S/C11H22N2O5/c1-11(2,7-12)18-10(16)13-8(4-5-14)6-9(15)17-3/h8,14H,4-7,12H2,1-3H3,(H,13,16). The second-order valence-corrected chi connectivity index (χ2v) is 4.49. The first-order valence-electron chi connectivity index (χ1n) is 5.72. The van der Waals surface area contributed by atoms with E-state index in [1.54, 1.807) is 13.8 Å². The fraction of sp³-hybridized carbons (Fsp3) is 0.818. The summed E-state index contributed by atoms with van der Waals surface area (Å²) in [5.41, 5.74) is 4.65. The van der Waals surface area contributed by atoms with Crippen LogP contribution in [0.25, 0.3) is 0 Å². The zero-order chi connectivity index (χ0) is 14.2. The third-order valence-electron chi connectivity index (χ3n) is 2.30. The SMILES string of the molecule is COC(=O)CC(CCO)NC(=O)OC(C)(C)CN. The molecule has 0 aliphatic rings. The smallest absolute Gasteiger partial charge is 0.407 e. The summed E-state index contributed by atoms with van der Waals surface area (Å²) in [4.78, 5) is 22.7. The normalized spacial score (nSPS) is 12.7. The number of rotatable bonds is 7. The fourth-order valence-electron chi connectivity index (χ4n) is 1.15. The summed E-state index contributed by atoms with van der Waals surface area (Å²) in [5.74, 6) is -0.466. The van der Waals surface area contributed by atoms with Crippen LogP contribution >= 0.6 is 0 Å². The molecule has 1 amide bonds. The molecule has 0 spiro atoms. The number of ether oxygens (including phenoxy) is 2. The van der Waals surface area contributed by atoms with E-state index in [2.05, 4.69) is 10.1 Å². The van der Waals surface area contributed by atoms with Gasteiger partial charge in [0.2, 0.25) is 0 Å². The summed E-state index contributed by atoms with van der Waals surface area (Å²) < 4.78 is 9.57. The molecule has 0 rings (SSSR count). The van der Waals surface area contributed by atoms with Crippen molar-refractivity contribution >= 4 is 12.1 Å². The Kier molecular flexibility index (Phi) is 7.30. The molecule has 0 heterocycles. The van der Waals surface area contributed by atoms with E-state index in [0.717, 1.165) is 0 Å². The molecular formula is C11H22N2O5. The van der Waals surface area contributed by atoms with Gasteiger partial charge in [-0.3, -0.25) is 4.79 Å². The second-order valence-electron chi connectivity index (χ2n) is 4.49. The van der Waals surface area contributed by atoms with Gasteiger partial charge in [0.1, 0.15) is 5.60 Å². The summed E-state index contributed by atoms with van der Waals surface area (Å²) in [6, 6.07) is -0.525. The molecule has 1 unspecified atom stereocenters. The first-order chi connectivity index (χ1) is 8.34. The largest absolute Gasteiger partial charge is 0.469 e. The number of hydrogen-bond donors (Lipinski definition) is 3. The molecule has 0 fully saturated rings. The Hall–Kier alpha value is -1.34. The Balaban J connectivity index is 4.31. The molecule has 106 valence electrons. The third kappa shape index (κ3) is 7.08. The van der Waals surface area contributed by atoms with Crippen LogP contribution in [0.1, 0.15) is 26.7 Å². The van der Waals surface area contributed by atoms with Gasteiger partial charge in [-0.15, -0.1) is 0 Å². The predicted octanol–water partition coefficient (Wildman–Crippen LogP) is -0.236. The number of amides is 1. The van der Waals surface area contributed by atoms with Crippen molar-refractivity contribution in [3.8, 4) is 0 Å². The molecule has 0 bridgehead atoms. The average molecular weight is 262 g/mol. The van der Waals surface area contributed by atoms with Crippen LogP contribution in [-0.2, 0) is 14.3 Å². The fourth-order valence-corrected chi connectivity index (χ4v) is 1.15. The minimum Gasteiger partial charge on any atom is -0.469 e. The molecular weight excluding hydrogens is 240 g/mol. The number of nitrogens with two attached hydrogens (primary N) is 1. The number of alkyl carbamates (subject to hydrolysis) is 1. The van der Waals surface area contributed by atoms with Crippen molar-refractivity contribution in [1.82, 2.24) is 5.32 Å². The van der Waals surface area contributed by atoms with Crippen LogP contribution in [0.5, 0.6) is 0 Å². The van der Waals surface area contributed by atoms with E-state index >= 15 is 0 Å². The Morgan fingerprint density at radius 3 is 2.50 bits per heavy atom. The summed E-state index contributed by atoms with van der Waals surface area (Å²) in [6.07, 6.45) is -0.449. The molecule has 0 aromatic rings. The van der Waals surface area contributed by atoms with Crippen LogP contribution in [0.15, 0.2) is 0 Å². The number of nitrogens with one attached hydrogen (secondary N) is 1. The maximum atomic E-state index is 11.5. The predicted molar refractivity (Wildman–Crippen MR) is 64.9 cm³/mol. The zero-order valence-electron chi connectivity index (χ0n) is 11.1. The van der Waals surface area contributed by atoms with Crippen LogP contribution < -0.4 is 11.1 Å². The van der Waals surface area contributed by atoms with Crippen molar-refractivity contribution in [3.05, 3.63) is 0 Å². The van der Waals surface area contributed by atoms with Crippen molar-refractivity contribution < 1.29 is 24.2 Å². The lowest BCUT2D eigenvalue weighted by atomic mass is 10.1. The molecule has 0 saturated heterocycles. The summed E-state index contributed by atoms with van der Waals surface area (Å²) >= 11 is 0. The van der Waals surface area contributed by atoms with E-state index in [0.29, 0.717) is 0 Å². The van der Waals surface area contributed by atoms with Gasteiger partial charge in [-0.25, -0.2) is 4.79 Å². The molecule has 0 aromatic heterocycles. The number of carbonyl (C=O) groups is 2. The molecule has 0 aliphatic heterocycles.